The van der Waals surface area contributed by atoms with Crippen molar-refractivity contribution in [3.63, 3.8) is 0 Å². The molecule has 0 radical (unpaired) electrons. The monoisotopic (exact) mass is 356 g/mol. The first-order valence-electron chi connectivity index (χ1n) is 7.72. The highest BCUT2D eigenvalue weighted by molar-refractivity contribution is 5.61. The molecule has 0 amide bonds. The lowest BCUT2D eigenvalue weighted by molar-refractivity contribution is -0.00672. The quantitative estimate of drug-likeness (QED) is 0.798. The second kappa shape index (κ2) is 6.72. The molecule has 1 aromatic heterocycles. The van der Waals surface area contributed by atoms with Crippen LogP contribution in [-0.2, 0) is 5.60 Å². The summed E-state index contributed by atoms with van der Waals surface area (Å²) in [6.45, 7) is 2.98. The van der Waals surface area contributed by atoms with Gasteiger partial charge in [-0.15, -0.1) is 0 Å². The van der Waals surface area contributed by atoms with E-state index in [2.05, 4.69) is 4.98 Å². The third-order valence-electron chi connectivity index (χ3n) is 3.96. The first-order chi connectivity index (χ1) is 11.4. The Labute approximate surface area is 143 Å². The molecule has 3 N–H and O–H groups in total. The molecular formula is C18H20F4N2O. The van der Waals surface area contributed by atoms with Crippen LogP contribution in [0.4, 0.5) is 17.6 Å². The van der Waals surface area contributed by atoms with E-state index in [9.17, 15) is 22.7 Å². The van der Waals surface area contributed by atoms with Crippen molar-refractivity contribution in [3.8, 4) is 11.3 Å². The maximum atomic E-state index is 14.9. The van der Waals surface area contributed by atoms with E-state index >= 15 is 0 Å². The summed E-state index contributed by atoms with van der Waals surface area (Å²) in [6.07, 6.45) is 0. The van der Waals surface area contributed by atoms with E-state index < -0.39 is 35.6 Å². The zero-order valence-electron chi connectivity index (χ0n) is 14.2. The molecule has 3 nitrogen and oxygen atoms in total. The van der Waals surface area contributed by atoms with Gasteiger partial charge in [0.1, 0.15) is 11.5 Å². The van der Waals surface area contributed by atoms with Gasteiger partial charge in [-0.1, -0.05) is 0 Å². The molecule has 1 heterocycles. The van der Waals surface area contributed by atoms with Gasteiger partial charge in [-0.05, 0) is 44.2 Å². The zero-order valence-corrected chi connectivity index (χ0v) is 14.2. The molecule has 25 heavy (non-hydrogen) atoms. The molecule has 2 rings (SSSR count). The summed E-state index contributed by atoms with van der Waals surface area (Å²) in [5.74, 6) is -6.01. The van der Waals surface area contributed by atoms with Crippen LogP contribution in [0.25, 0.3) is 11.3 Å². The second-order valence-corrected chi connectivity index (χ2v) is 6.57. The number of aromatic nitrogens is 1. The molecule has 0 saturated carbocycles. The highest BCUT2D eigenvalue weighted by Gasteiger charge is 2.37. The largest absolute Gasteiger partial charge is 0.386 e. The third-order valence-corrected chi connectivity index (χ3v) is 3.96. The third kappa shape index (κ3) is 4.16. The summed E-state index contributed by atoms with van der Waals surface area (Å²) < 4.78 is 55.7. The van der Waals surface area contributed by atoms with Gasteiger partial charge in [-0.2, -0.15) is 0 Å². The Kier molecular flexibility index (Phi) is 5.20. The van der Waals surface area contributed by atoms with Crippen molar-refractivity contribution in [2.45, 2.75) is 38.2 Å². The Hall–Kier alpha value is -1.99. The highest BCUT2D eigenvalue weighted by Crippen LogP contribution is 2.36. The number of hydrogen-bond acceptors (Lipinski definition) is 3. The highest BCUT2D eigenvalue weighted by atomic mass is 19.3. The standard InChI is InChI=1S/C18H20F4N2O/c1-17(2,25)12-8-14(13(9-23)18(3,21)22)24-16(15(12)20)10-4-6-11(19)7-5-10/h4-8,13,25H,9,23H2,1-3H3. The predicted octanol–water partition coefficient (Wildman–Crippen LogP) is 3.95. The van der Waals surface area contributed by atoms with E-state index in [0.717, 1.165) is 18.2 Å². The molecule has 0 aliphatic rings. The lowest BCUT2D eigenvalue weighted by atomic mass is 9.90. The minimum Gasteiger partial charge on any atom is -0.386 e. The molecule has 7 heteroatoms. The number of pyridine rings is 1. The fourth-order valence-electron chi connectivity index (χ4n) is 2.56. The fraction of sp³-hybridized carbons (Fsp3) is 0.389. The van der Waals surface area contributed by atoms with Crippen molar-refractivity contribution in [1.29, 1.82) is 0 Å². The lowest BCUT2D eigenvalue weighted by Gasteiger charge is -2.26. The van der Waals surface area contributed by atoms with Gasteiger partial charge in [0.25, 0.3) is 5.92 Å². The van der Waals surface area contributed by atoms with Crippen molar-refractivity contribution in [3.05, 3.63) is 53.2 Å². The molecule has 0 spiro atoms. The fourth-order valence-corrected chi connectivity index (χ4v) is 2.56. The zero-order chi connectivity index (χ0) is 19.0. The Morgan fingerprint density at radius 1 is 1.12 bits per heavy atom. The van der Waals surface area contributed by atoms with Crippen molar-refractivity contribution >= 4 is 0 Å². The van der Waals surface area contributed by atoms with Crippen LogP contribution >= 0.6 is 0 Å². The number of rotatable bonds is 5. The Balaban J connectivity index is 2.74. The van der Waals surface area contributed by atoms with Crippen LogP contribution in [0.3, 0.4) is 0 Å². The van der Waals surface area contributed by atoms with E-state index in [1.54, 1.807) is 0 Å². The van der Waals surface area contributed by atoms with Crippen molar-refractivity contribution in [1.82, 2.24) is 4.98 Å². The second-order valence-electron chi connectivity index (χ2n) is 6.57. The summed E-state index contributed by atoms with van der Waals surface area (Å²) in [5, 5.41) is 10.2. The van der Waals surface area contributed by atoms with Gasteiger partial charge in [0, 0.05) is 24.6 Å². The lowest BCUT2D eigenvalue weighted by Crippen LogP contribution is -2.31. The minimum absolute atomic E-state index is 0.132. The average Bonchev–Trinajstić information content (AvgIpc) is 2.47. The predicted molar refractivity (Wildman–Crippen MR) is 87.3 cm³/mol. The Morgan fingerprint density at radius 3 is 2.12 bits per heavy atom. The van der Waals surface area contributed by atoms with E-state index in [0.29, 0.717) is 6.92 Å². The van der Waals surface area contributed by atoms with Gasteiger partial charge in [-0.25, -0.2) is 22.5 Å². The molecule has 0 fully saturated rings. The number of alkyl halides is 2. The number of aliphatic hydroxyl groups is 1. The van der Waals surface area contributed by atoms with Gasteiger partial charge in [-0.3, -0.25) is 0 Å². The summed E-state index contributed by atoms with van der Waals surface area (Å²) in [6, 6.07) is 5.92. The molecule has 136 valence electrons. The molecule has 0 aliphatic carbocycles. The summed E-state index contributed by atoms with van der Waals surface area (Å²) in [4.78, 5) is 4.02. The minimum atomic E-state index is -3.18. The number of benzene rings is 1. The smallest absolute Gasteiger partial charge is 0.254 e. The molecule has 2 aromatic rings. The maximum absolute atomic E-state index is 14.9. The van der Waals surface area contributed by atoms with E-state index in [1.165, 1.54) is 26.0 Å². The van der Waals surface area contributed by atoms with Crippen molar-refractivity contribution in [2.24, 2.45) is 5.73 Å². The molecular weight excluding hydrogens is 336 g/mol. The van der Waals surface area contributed by atoms with Crippen molar-refractivity contribution in [2.75, 3.05) is 6.54 Å². The van der Waals surface area contributed by atoms with Gasteiger partial charge < -0.3 is 10.8 Å². The molecule has 1 unspecified atom stereocenters. The van der Waals surface area contributed by atoms with Crippen LogP contribution in [0.1, 0.15) is 37.9 Å². The summed E-state index contributed by atoms with van der Waals surface area (Å²) >= 11 is 0. The maximum Gasteiger partial charge on any atom is 0.254 e. The van der Waals surface area contributed by atoms with Crippen LogP contribution < -0.4 is 5.73 Å². The van der Waals surface area contributed by atoms with Crippen LogP contribution in [0.2, 0.25) is 0 Å². The first kappa shape index (κ1) is 19.3. The van der Waals surface area contributed by atoms with Gasteiger partial charge in [0.05, 0.1) is 17.2 Å². The van der Waals surface area contributed by atoms with Crippen LogP contribution in [-0.4, -0.2) is 22.6 Å². The number of nitrogens with two attached hydrogens (primary N) is 1. The molecule has 1 atom stereocenters. The van der Waals surface area contributed by atoms with Crippen molar-refractivity contribution < 1.29 is 22.7 Å². The molecule has 0 saturated heterocycles. The number of halogens is 4. The Morgan fingerprint density at radius 2 is 1.68 bits per heavy atom. The summed E-state index contributed by atoms with van der Waals surface area (Å²) in [5.41, 5.74) is 3.50. The van der Waals surface area contributed by atoms with Crippen LogP contribution in [0.5, 0.6) is 0 Å². The van der Waals surface area contributed by atoms with E-state index in [-0.39, 0.29) is 22.5 Å². The van der Waals surface area contributed by atoms with Gasteiger partial charge in [0.2, 0.25) is 0 Å². The van der Waals surface area contributed by atoms with Gasteiger partial charge in [0.15, 0.2) is 5.82 Å². The average molecular weight is 356 g/mol. The van der Waals surface area contributed by atoms with E-state index in [1.807, 2.05) is 0 Å². The molecule has 0 aliphatic heterocycles. The SMILES string of the molecule is CC(C)(O)c1cc(C(CN)C(C)(F)F)nc(-c2ccc(F)cc2)c1F. The first-order valence-corrected chi connectivity index (χ1v) is 7.72. The van der Waals surface area contributed by atoms with Crippen LogP contribution in [0, 0.1) is 11.6 Å². The number of hydrogen-bond donors (Lipinski definition) is 2. The Bertz CT molecular complexity index is 749. The van der Waals surface area contributed by atoms with E-state index in [4.69, 9.17) is 5.73 Å². The number of nitrogens with zero attached hydrogens (tertiary/aromatic N) is 1. The van der Waals surface area contributed by atoms with Gasteiger partial charge >= 0.3 is 0 Å². The normalized spacial score (nSPS) is 13.8. The summed E-state index contributed by atoms with van der Waals surface area (Å²) in [7, 11) is 0. The topological polar surface area (TPSA) is 59.1 Å². The molecule has 1 aromatic carbocycles. The molecule has 0 bridgehead atoms. The van der Waals surface area contributed by atoms with Crippen LogP contribution in [0.15, 0.2) is 30.3 Å².